The fourth-order valence-electron chi connectivity index (χ4n) is 5.24. The third-order valence-corrected chi connectivity index (χ3v) is 6.71. The zero-order valence-corrected chi connectivity index (χ0v) is 16.7. The van der Waals surface area contributed by atoms with Gasteiger partial charge in [-0.05, 0) is 67.2 Å². The number of esters is 1. The van der Waals surface area contributed by atoms with Gasteiger partial charge in [0.15, 0.2) is 0 Å². The highest BCUT2D eigenvalue weighted by Gasteiger charge is 2.41. The Balaban J connectivity index is 0.00000210. The molecule has 6 heteroatoms. The molecule has 148 valence electrons. The van der Waals surface area contributed by atoms with Gasteiger partial charge in [-0.25, -0.2) is 4.79 Å². The molecular formula is C21H29ClN2O3. The average molecular weight is 393 g/mol. The van der Waals surface area contributed by atoms with Gasteiger partial charge in [-0.3, -0.25) is 4.79 Å². The van der Waals surface area contributed by atoms with Crippen LogP contribution in [0.25, 0.3) is 0 Å². The van der Waals surface area contributed by atoms with Crippen molar-refractivity contribution in [2.24, 2.45) is 23.5 Å². The van der Waals surface area contributed by atoms with E-state index in [1.807, 2.05) is 23.1 Å². The summed E-state index contributed by atoms with van der Waals surface area (Å²) in [6, 6.07) is 5.98. The summed E-state index contributed by atoms with van der Waals surface area (Å²) in [5.74, 6) is 1.10. The molecule has 4 rings (SSSR count). The van der Waals surface area contributed by atoms with Crippen molar-refractivity contribution < 1.29 is 14.3 Å². The average Bonchev–Trinajstić information content (AvgIpc) is 2.65. The lowest BCUT2D eigenvalue weighted by Gasteiger charge is -2.45. The number of methoxy groups -OCH3 is 1. The first-order valence-corrected chi connectivity index (χ1v) is 9.81. The number of benzene rings is 1. The lowest BCUT2D eigenvalue weighted by molar-refractivity contribution is -0.139. The third-order valence-electron chi connectivity index (χ3n) is 6.71. The number of hydrogen-bond acceptors (Lipinski definition) is 4. The van der Waals surface area contributed by atoms with Crippen LogP contribution < -0.4 is 5.73 Å². The molecule has 1 heterocycles. The lowest BCUT2D eigenvalue weighted by Crippen LogP contribution is -2.50. The molecule has 2 fully saturated rings. The van der Waals surface area contributed by atoms with Crippen LogP contribution in [0.2, 0.25) is 0 Å². The molecule has 0 spiro atoms. The summed E-state index contributed by atoms with van der Waals surface area (Å²) < 4.78 is 4.82. The van der Waals surface area contributed by atoms with Crippen molar-refractivity contribution in [3.05, 3.63) is 34.9 Å². The van der Waals surface area contributed by atoms with Gasteiger partial charge < -0.3 is 15.4 Å². The molecule has 2 saturated carbocycles. The number of nitrogens with zero attached hydrogens (tertiary/aromatic N) is 1. The smallest absolute Gasteiger partial charge is 0.337 e. The molecule has 2 bridgehead atoms. The molecule has 0 aromatic heterocycles. The number of hydrogen-bond donors (Lipinski definition) is 1. The number of halogens is 1. The predicted octanol–water partition coefficient (Wildman–Crippen LogP) is 2.93. The second kappa shape index (κ2) is 8.19. The van der Waals surface area contributed by atoms with E-state index in [9.17, 15) is 9.59 Å². The Labute approximate surface area is 167 Å². The van der Waals surface area contributed by atoms with Gasteiger partial charge in [0.25, 0.3) is 0 Å². The normalized spacial score (nSPS) is 29.3. The van der Waals surface area contributed by atoms with Gasteiger partial charge in [0.2, 0.25) is 5.91 Å². The molecule has 0 saturated heterocycles. The minimum absolute atomic E-state index is 0. The Morgan fingerprint density at radius 3 is 2.52 bits per heavy atom. The Morgan fingerprint density at radius 1 is 1.15 bits per heavy atom. The van der Waals surface area contributed by atoms with Crippen molar-refractivity contribution in [1.82, 2.24) is 4.90 Å². The molecule has 2 N–H and O–H groups in total. The largest absolute Gasteiger partial charge is 0.465 e. The molecule has 3 aliphatic rings. The van der Waals surface area contributed by atoms with E-state index in [4.69, 9.17) is 10.5 Å². The molecule has 1 aliphatic heterocycles. The zero-order valence-electron chi connectivity index (χ0n) is 15.9. The monoisotopic (exact) mass is 392 g/mol. The van der Waals surface area contributed by atoms with Crippen molar-refractivity contribution in [3.8, 4) is 0 Å². The van der Waals surface area contributed by atoms with Gasteiger partial charge in [-0.2, -0.15) is 0 Å². The van der Waals surface area contributed by atoms with Crippen molar-refractivity contribution in [1.29, 1.82) is 0 Å². The standard InChI is InChI=1S/C21H28N2O3.ClH/c1-26-21(25)16-6-5-13-7-8-23(12-18(13)11-16)20(24)17-9-14-3-2-4-15(10-17)19(14)22;/h5-6,11,14-15,17,19H,2-4,7-10,12,22H2,1H3;1H. The molecule has 2 atom stereocenters. The molecule has 5 nitrogen and oxygen atoms in total. The number of carbonyl (C=O) groups is 2. The first-order chi connectivity index (χ1) is 12.6. The lowest BCUT2D eigenvalue weighted by atomic mass is 9.65. The maximum atomic E-state index is 13.2. The number of fused-ring (bicyclic) bond motifs is 3. The highest BCUT2D eigenvalue weighted by Crippen LogP contribution is 2.42. The van der Waals surface area contributed by atoms with Crippen LogP contribution in [0.15, 0.2) is 18.2 Å². The van der Waals surface area contributed by atoms with E-state index >= 15 is 0 Å². The van der Waals surface area contributed by atoms with Crippen molar-refractivity contribution in [2.45, 2.75) is 51.1 Å². The summed E-state index contributed by atoms with van der Waals surface area (Å²) in [6.07, 6.45) is 6.35. The molecule has 2 aliphatic carbocycles. The maximum absolute atomic E-state index is 13.2. The summed E-state index contributed by atoms with van der Waals surface area (Å²) in [6.45, 7) is 1.36. The van der Waals surface area contributed by atoms with Gasteiger partial charge in [0.05, 0.1) is 12.7 Å². The molecule has 1 aromatic carbocycles. The number of nitrogens with two attached hydrogens (primary N) is 1. The molecule has 1 amide bonds. The van der Waals surface area contributed by atoms with Gasteiger partial charge >= 0.3 is 5.97 Å². The van der Waals surface area contributed by atoms with Gasteiger partial charge in [-0.1, -0.05) is 12.5 Å². The predicted molar refractivity (Wildman–Crippen MR) is 106 cm³/mol. The Morgan fingerprint density at radius 2 is 1.85 bits per heavy atom. The maximum Gasteiger partial charge on any atom is 0.337 e. The number of carbonyl (C=O) groups excluding carboxylic acids is 2. The molecule has 2 unspecified atom stereocenters. The fraction of sp³-hybridized carbons (Fsp3) is 0.619. The molecule has 0 radical (unpaired) electrons. The van der Waals surface area contributed by atoms with E-state index in [-0.39, 0.29) is 36.2 Å². The second-order valence-corrected chi connectivity index (χ2v) is 8.18. The summed E-state index contributed by atoms with van der Waals surface area (Å²) >= 11 is 0. The van der Waals surface area contributed by atoms with Crippen LogP contribution in [0, 0.1) is 17.8 Å². The van der Waals surface area contributed by atoms with Crippen LogP contribution in [0.3, 0.4) is 0 Å². The first kappa shape index (κ1) is 20.2. The van der Waals surface area contributed by atoms with Gasteiger partial charge in [-0.15, -0.1) is 12.4 Å². The highest BCUT2D eigenvalue weighted by molar-refractivity contribution is 5.89. The van der Waals surface area contributed by atoms with Gasteiger partial charge in [0, 0.05) is 25.0 Å². The van der Waals surface area contributed by atoms with Crippen LogP contribution in [0.1, 0.15) is 53.6 Å². The molecule has 1 aromatic rings. The number of amides is 1. The summed E-state index contributed by atoms with van der Waals surface area (Å²) in [5, 5.41) is 0. The van der Waals surface area contributed by atoms with E-state index in [1.165, 1.54) is 31.9 Å². The minimum atomic E-state index is -0.328. The molecule has 27 heavy (non-hydrogen) atoms. The SMILES string of the molecule is COC(=O)c1ccc2c(c1)CN(C(=O)C1CC3CCCC(C1)C3N)CC2.Cl. The minimum Gasteiger partial charge on any atom is -0.465 e. The van der Waals surface area contributed by atoms with E-state index in [1.54, 1.807) is 0 Å². The summed E-state index contributed by atoms with van der Waals surface area (Å²) in [4.78, 5) is 26.9. The van der Waals surface area contributed by atoms with E-state index < -0.39 is 0 Å². The highest BCUT2D eigenvalue weighted by atomic mass is 35.5. The molecular weight excluding hydrogens is 364 g/mol. The van der Waals surface area contributed by atoms with Crippen LogP contribution in [0.5, 0.6) is 0 Å². The fourth-order valence-corrected chi connectivity index (χ4v) is 5.24. The third kappa shape index (κ3) is 3.85. The van der Waals surface area contributed by atoms with Crippen LogP contribution in [-0.4, -0.2) is 36.5 Å². The van der Waals surface area contributed by atoms with Crippen molar-refractivity contribution in [3.63, 3.8) is 0 Å². The van der Waals surface area contributed by atoms with Gasteiger partial charge in [0.1, 0.15) is 0 Å². The summed E-state index contributed by atoms with van der Waals surface area (Å²) in [7, 11) is 1.39. The van der Waals surface area contributed by atoms with E-state index in [2.05, 4.69) is 0 Å². The van der Waals surface area contributed by atoms with Crippen molar-refractivity contribution >= 4 is 24.3 Å². The number of rotatable bonds is 2. The Kier molecular flexibility index (Phi) is 6.11. The number of ether oxygens (including phenoxy) is 1. The van der Waals surface area contributed by atoms with Crippen LogP contribution >= 0.6 is 12.4 Å². The van der Waals surface area contributed by atoms with Crippen LogP contribution in [-0.2, 0) is 22.5 Å². The van der Waals surface area contributed by atoms with Crippen LogP contribution in [0.4, 0.5) is 0 Å². The van der Waals surface area contributed by atoms with E-state index in [0.29, 0.717) is 23.9 Å². The Hall–Kier alpha value is -1.59. The van der Waals surface area contributed by atoms with Crippen molar-refractivity contribution in [2.75, 3.05) is 13.7 Å². The zero-order chi connectivity index (χ0) is 18.3. The Bertz CT molecular complexity index is 709. The second-order valence-electron chi connectivity index (χ2n) is 8.18. The quantitative estimate of drug-likeness (QED) is 0.785. The summed E-state index contributed by atoms with van der Waals surface area (Å²) in [5.41, 5.74) is 9.23. The van der Waals surface area contributed by atoms with E-state index in [0.717, 1.165) is 31.4 Å². The topological polar surface area (TPSA) is 72.6 Å². The first-order valence-electron chi connectivity index (χ1n) is 9.81.